The summed E-state index contributed by atoms with van der Waals surface area (Å²) in [5, 5.41) is 4.45. The number of benzene rings is 1. The summed E-state index contributed by atoms with van der Waals surface area (Å²) in [6.07, 6.45) is 1.16. The van der Waals surface area contributed by atoms with Crippen LogP contribution in [0, 0.1) is 5.92 Å². The van der Waals surface area contributed by atoms with E-state index in [1.807, 2.05) is 18.2 Å². The molecule has 3 atom stereocenters. The molecule has 2 unspecified atom stereocenters. The standard InChI is InChI=1S/C14H20ClNO/c1-10(12-7-8-17-9-12)16-11(2)13-5-3-4-6-14(13)15/h3-6,10-12,16H,7-9H2,1-2H3/t10?,11-,12?/m0/s1. The Bertz CT molecular complexity index is 363. The summed E-state index contributed by atoms with van der Waals surface area (Å²) in [7, 11) is 0. The number of hydrogen-bond donors (Lipinski definition) is 1. The van der Waals surface area contributed by atoms with Gasteiger partial charge in [0, 0.05) is 23.7 Å². The second-order valence-corrected chi connectivity index (χ2v) is 5.23. The fourth-order valence-corrected chi connectivity index (χ4v) is 2.69. The lowest BCUT2D eigenvalue weighted by molar-refractivity contribution is 0.177. The molecule has 17 heavy (non-hydrogen) atoms. The number of halogens is 1. The monoisotopic (exact) mass is 253 g/mol. The summed E-state index contributed by atoms with van der Waals surface area (Å²) >= 11 is 6.20. The van der Waals surface area contributed by atoms with E-state index in [9.17, 15) is 0 Å². The Morgan fingerprint density at radius 3 is 2.76 bits per heavy atom. The van der Waals surface area contributed by atoms with Crippen LogP contribution >= 0.6 is 11.6 Å². The maximum atomic E-state index is 6.20. The summed E-state index contributed by atoms with van der Waals surface area (Å²) in [4.78, 5) is 0. The smallest absolute Gasteiger partial charge is 0.0509 e. The molecule has 1 aliphatic rings. The molecule has 1 aliphatic heterocycles. The lowest BCUT2D eigenvalue weighted by Crippen LogP contribution is -2.35. The van der Waals surface area contributed by atoms with Crippen molar-refractivity contribution < 1.29 is 4.74 Å². The van der Waals surface area contributed by atoms with Gasteiger partial charge in [0.1, 0.15) is 0 Å². The summed E-state index contributed by atoms with van der Waals surface area (Å²) in [5.41, 5.74) is 1.17. The Morgan fingerprint density at radius 2 is 2.12 bits per heavy atom. The van der Waals surface area contributed by atoms with E-state index in [-0.39, 0.29) is 6.04 Å². The van der Waals surface area contributed by atoms with Crippen molar-refractivity contribution in [2.75, 3.05) is 13.2 Å². The predicted octanol–water partition coefficient (Wildman–Crippen LogP) is 3.42. The van der Waals surface area contributed by atoms with Gasteiger partial charge in [-0.1, -0.05) is 29.8 Å². The van der Waals surface area contributed by atoms with Crippen LogP contribution in [-0.2, 0) is 4.74 Å². The lowest BCUT2D eigenvalue weighted by atomic mass is 9.98. The first-order valence-electron chi connectivity index (χ1n) is 6.26. The van der Waals surface area contributed by atoms with Crippen LogP contribution in [-0.4, -0.2) is 19.3 Å². The molecule has 0 bridgehead atoms. The molecule has 0 spiro atoms. The molecular weight excluding hydrogens is 234 g/mol. The zero-order valence-electron chi connectivity index (χ0n) is 10.4. The van der Waals surface area contributed by atoms with E-state index in [4.69, 9.17) is 16.3 Å². The van der Waals surface area contributed by atoms with Crippen LogP contribution in [0.3, 0.4) is 0 Å². The van der Waals surface area contributed by atoms with Gasteiger partial charge in [-0.25, -0.2) is 0 Å². The van der Waals surface area contributed by atoms with Crippen LogP contribution in [0.4, 0.5) is 0 Å². The highest BCUT2D eigenvalue weighted by Gasteiger charge is 2.23. The van der Waals surface area contributed by atoms with E-state index in [0.717, 1.165) is 24.7 Å². The Kier molecular flexibility index (Phi) is 4.43. The minimum absolute atomic E-state index is 0.277. The molecule has 94 valence electrons. The molecule has 2 rings (SSSR count). The number of ether oxygens (including phenoxy) is 1. The summed E-state index contributed by atoms with van der Waals surface area (Å²) in [6, 6.07) is 8.76. The normalized spacial score (nSPS) is 23.6. The van der Waals surface area contributed by atoms with Gasteiger partial charge in [-0.2, -0.15) is 0 Å². The van der Waals surface area contributed by atoms with Crippen molar-refractivity contribution in [1.82, 2.24) is 5.32 Å². The topological polar surface area (TPSA) is 21.3 Å². The first-order chi connectivity index (χ1) is 8.18. The molecule has 0 aromatic heterocycles. The van der Waals surface area contributed by atoms with Crippen molar-refractivity contribution in [1.29, 1.82) is 0 Å². The van der Waals surface area contributed by atoms with Crippen molar-refractivity contribution in [3.8, 4) is 0 Å². The average Bonchev–Trinajstić information content (AvgIpc) is 2.82. The first kappa shape index (κ1) is 12.9. The maximum absolute atomic E-state index is 6.20. The molecule has 0 radical (unpaired) electrons. The van der Waals surface area contributed by atoms with Crippen molar-refractivity contribution in [3.05, 3.63) is 34.9 Å². The number of rotatable bonds is 4. The van der Waals surface area contributed by atoms with Crippen molar-refractivity contribution in [2.24, 2.45) is 5.92 Å². The maximum Gasteiger partial charge on any atom is 0.0509 e. The van der Waals surface area contributed by atoms with Gasteiger partial charge < -0.3 is 10.1 Å². The van der Waals surface area contributed by atoms with Crippen LogP contribution in [0.2, 0.25) is 5.02 Å². The molecular formula is C14H20ClNO. The Morgan fingerprint density at radius 1 is 1.35 bits per heavy atom. The molecule has 1 N–H and O–H groups in total. The number of hydrogen-bond acceptors (Lipinski definition) is 2. The Balaban J connectivity index is 1.96. The Labute approximate surface area is 108 Å². The predicted molar refractivity (Wildman–Crippen MR) is 71.4 cm³/mol. The summed E-state index contributed by atoms with van der Waals surface area (Å²) in [5.74, 6) is 0.625. The average molecular weight is 254 g/mol. The molecule has 1 aromatic carbocycles. The zero-order valence-corrected chi connectivity index (χ0v) is 11.2. The van der Waals surface area contributed by atoms with Crippen molar-refractivity contribution in [2.45, 2.75) is 32.4 Å². The molecule has 0 saturated carbocycles. The van der Waals surface area contributed by atoms with Gasteiger partial charge in [-0.05, 0) is 37.8 Å². The van der Waals surface area contributed by atoms with E-state index < -0.39 is 0 Å². The summed E-state index contributed by atoms with van der Waals surface area (Å²) < 4.78 is 5.42. The van der Waals surface area contributed by atoms with Gasteiger partial charge >= 0.3 is 0 Å². The van der Waals surface area contributed by atoms with Gasteiger partial charge in [0.15, 0.2) is 0 Å². The van der Waals surface area contributed by atoms with E-state index >= 15 is 0 Å². The highest BCUT2D eigenvalue weighted by atomic mass is 35.5. The molecule has 1 fully saturated rings. The molecule has 1 saturated heterocycles. The molecule has 3 heteroatoms. The molecule has 1 aromatic rings. The SMILES string of the molecule is CC(N[C@@H](C)c1ccccc1Cl)C1CCOC1. The van der Waals surface area contributed by atoms with Crippen LogP contribution < -0.4 is 5.32 Å². The van der Waals surface area contributed by atoms with Gasteiger partial charge in [-0.15, -0.1) is 0 Å². The molecule has 0 aliphatic carbocycles. The fourth-order valence-electron chi connectivity index (χ4n) is 2.39. The zero-order chi connectivity index (χ0) is 12.3. The van der Waals surface area contributed by atoms with E-state index in [2.05, 4.69) is 25.2 Å². The highest BCUT2D eigenvalue weighted by molar-refractivity contribution is 6.31. The Hall–Kier alpha value is -0.570. The fraction of sp³-hybridized carbons (Fsp3) is 0.571. The quantitative estimate of drug-likeness (QED) is 0.888. The van der Waals surface area contributed by atoms with Crippen LogP contribution in [0.1, 0.15) is 31.9 Å². The van der Waals surface area contributed by atoms with Gasteiger partial charge in [0.05, 0.1) is 6.61 Å². The van der Waals surface area contributed by atoms with Crippen LogP contribution in [0.25, 0.3) is 0 Å². The van der Waals surface area contributed by atoms with Crippen LogP contribution in [0.5, 0.6) is 0 Å². The molecule has 1 heterocycles. The summed E-state index contributed by atoms with van der Waals surface area (Å²) in [6.45, 7) is 6.17. The largest absolute Gasteiger partial charge is 0.381 e. The van der Waals surface area contributed by atoms with E-state index in [1.165, 1.54) is 5.56 Å². The third-order valence-electron chi connectivity index (χ3n) is 3.56. The third kappa shape index (κ3) is 3.21. The first-order valence-corrected chi connectivity index (χ1v) is 6.64. The molecule has 2 nitrogen and oxygen atoms in total. The van der Waals surface area contributed by atoms with E-state index in [1.54, 1.807) is 0 Å². The minimum Gasteiger partial charge on any atom is -0.381 e. The highest BCUT2D eigenvalue weighted by Crippen LogP contribution is 2.24. The molecule has 0 amide bonds. The van der Waals surface area contributed by atoms with Crippen LogP contribution in [0.15, 0.2) is 24.3 Å². The third-order valence-corrected chi connectivity index (χ3v) is 3.90. The second kappa shape index (κ2) is 5.85. The number of nitrogens with one attached hydrogen (secondary N) is 1. The second-order valence-electron chi connectivity index (χ2n) is 4.82. The van der Waals surface area contributed by atoms with Gasteiger partial charge in [-0.3, -0.25) is 0 Å². The van der Waals surface area contributed by atoms with Crippen molar-refractivity contribution in [3.63, 3.8) is 0 Å². The van der Waals surface area contributed by atoms with Crippen molar-refractivity contribution >= 4 is 11.6 Å². The lowest BCUT2D eigenvalue weighted by Gasteiger charge is -2.24. The van der Waals surface area contributed by atoms with E-state index in [0.29, 0.717) is 12.0 Å². The van der Waals surface area contributed by atoms with Gasteiger partial charge in [0.25, 0.3) is 0 Å². The minimum atomic E-state index is 0.277. The van der Waals surface area contributed by atoms with Gasteiger partial charge in [0.2, 0.25) is 0 Å².